The Labute approximate surface area is 214 Å². The predicted molar refractivity (Wildman–Crippen MR) is 129 cm³/mol. The Morgan fingerprint density at radius 2 is 1.69 bits per heavy atom. The molecule has 3 saturated heterocycles. The molecule has 0 aromatic carbocycles. The number of carbonyl (C=O) groups excluding carboxylic acids is 2. The fourth-order valence-corrected chi connectivity index (χ4v) is 5.71. The van der Waals surface area contributed by atoms with Crippen LogP contribution in [0.4, 0.5) is 0 Å². The number of methoxy groups -OCH3 is 3. The van der Waals surface area contributed by atoms with Crippen LogP contribution in [0.2, 0.25) is 18.1 Å². The highest BCUT2D eigenvalue weighted by Gasteiger charge is 2.58. The first-order chi connectivity index (χ1) is 16.7. The summed E-state index contributed by atoms with van der Waals surface area (Å²) in [4.78, 5) is 26.6. The van der Waals surface area contributed by atoms with Crippen molar-refractivity contribution >= 4 is 20.1 Å². The molecule has 0 N–H and O–H groups in total. The SMILES string of the molecule is COCO[C@H]1[C@@H](C(=O)OC)O[C@H](C[C@H]2O[C@@H](OC)[C@@H]3OC(C)(C)O[C@@H]32)C(=O)[C@H]1O[Si](C)(C)C(C)(C)C. The molecule has 3 heterocycles. The third-order valence-corrected chi connectivity index (χ3v) is 11.8. The summed E-state index contributed by atoms with van der Waals surface area (Å²) in [6.45, 7) is 13.7. The van der Waals surface area contributed by atoms with Crippen LogP contribution in [0.1, 0.15) is 41.0 Å². The maximum absolute atomic E-state index is 13.9. The van der Waals surface area contributed by atoms with Crippen LogP contribution >= 0.6 is 0 Å². The molecule has 3 rings (SSSR count). The van der Waals surface area contributed by atoms with Crippen LogP contribution in [-0.4, -0.2) is 103 Å². The van der Waals surface area contributed by atoms with Gasteiger partial charge in [-0.25, -0.2) is 4.79 Å². The maximum Gasteiger partial charge on any atom is 0.337 e. The number of rotatable bonds is 9. The average molecular weight is 535 g/mol. The normalized spacial score (nSPS) is 36.7. The van der Waals surface area contributed by atoms with E-state index in [4.69, 9.17) is 42.3 Å². The second-order valence-electron chi connectivity index (χ2n) is 11.4. The van der Waals surface area contributed by atoms with Gasteiger partial charge < -0.3 is 42.3 Å². The molecule has 0 bridgehead atoms. The van der Waals surface area contributed by atoms with Gasteiger partial charge in [-0.3, -0.25) is 4.79 Å². The molecule has 0 aromatic heterocycles. The summed E-state index contributed by atoms with van der Waals surface area (Å²) in [6, 6.07) is 0. The van der Waals surface area contributed by atoms with Crippen LogP contribution < -0.4 is 0 Å². The Bertz CT molecular complexity index is 795. The van der Waals surface area contributed by atoms with Crippen molar-refractivity contribution in [2.45, 2.75) is 114 Å². The molecule has 0 aliphatic carbocycles. The molecule has 208 valence electrons. The van der Waals surface area contributed by atoms with Gasteiger partial charge in [0.05, 0.1) is 13.2 Å². The lowest BCUT2D eigenvalue weighted by molar-refractivity contribution is -0.236. The smallest absolute Gasteiger partial charge is 0.337 e. The summed E-state index contributed by atoms with van der Waals surface area (Å²) >= 11 is 0. The van der Waals surface area contributed by atoms with Gasteiger partial charge in [0.2, 0.25) is 0 Å². The van der Waals surface area contributed by atoms with Gasteiger partial charge in [0.25, 0.3) is 0 Å². The van der Waals surface area contributed by atoms with Crippen molar-refractivity contribution < 1.29 is 51.9 Å². The van der Waals surface area contributed by atoms with E-state index >= 15 is 0 Å². The quantitative estimate of drug-likeness (QED) is 0.246. The van der Waals surface area contributed by atoms with E-state index < -0.39 is 69.1 Å². The van der Waals surface area contributed by atoms with E-state index in [0.717, 1.165) is 0 Å². The summed E-state index contributed by atoms with van der Waals surface area (Å²) in [5, 5.41) is -0.193. The Kier molecular flexibility index (Phi) is 9.07. The minimum atomic E-state index is -2.47. The van der Waals surface area contributed by atoms with Gasteiger partial charge in [-0.1, -0.05) is 20.8 Å². The zero-order valence-electron chi connectivity index (χ0n) is 23.0. The molecule has 3 aliphatic rings. The number of hydrogen-bond donors (Lipinski definition) is 0. The van der Waals surface area contributed by atoms with Crippen LogP contribution in [-0.2, 0) is 51.9 Å². The molecule has 0 spiro atoms. The number of ketones is 1. The van der Waals surface area contributed by atoms with Gasteiger partial charge in [0.1, 0.15) is 37.3 Å². The molecule has 0 radical (unpaired) electrons. The topological polar surface area (TPSA) is 117 Å². The third-order valence-electron chi connectivity index (χ3n) is 7.33. The van der Waals surface area contributed by atoms with Gasteiger partial charge >= 0.3 is 5.97 Å². The van der Waals surface area contributed by atoms with Gasteiger partial charge in [-0.05, 0) is 32.0 Å². The largest absolute Gasteiger partial charge is 0.467 e. The van der Waals surface area contributed by atoms with E-state index in [0.29, 0.717) is 0 Å². The zero-order valence-corrected chi connectivity index (χ0v) is 24.0. The lowest BCUT2D eigenvalue weighted by atomic mass is 9.92. The van der Waals surface area contributed by atoms with Gasteiger partial charge in [0, 0.05) is 20.6 Å². The van der Waals surface area contributed by atoms with E-state index in [1.54, 1.807) is 0 Å². The van der Waals surface area contributed by atoms with Crippen molar-refractivity contribution in [1.29, 1.82) is 0 Å². The first kappa shape index (κ1) is 29.6. The van der Waals surface area contributed by atoms with Crippen molar-refractivity contribution in [1.82, 2.24) is 0 Å². The molecule has 3 fully saturated rings. The third kappa shape index (κ3) is 6.02. The standard InChI is InChI=1S/C24H42O11Si/c1-23(2,3)36(9,10)35-17-15(25)13(31-19(21(26)28-7)18(17)30-12-27-6)11-14-16-20(22(29-8)32-14)34-24(4,5)33-16/h13-14,16-20,22H,11-12H2,1-10H3/t13-,14-,16-,17-,18-,19+,20-,22-/m1/s1. The minimum Gasteiger partial charge on any atom is -0.467 e. The maximum atomic E-state index is 13.9. The van der Waals surface area contributed by atoms with Crippen molar-refractivity contribution in [2.24, 2.45) is 0 Å². The van der Waals surface area contributed by atoms with E-state index in [1.807, 2.05) is 26.9 Å². The summed E-state index contributed by atoms with van der Waals surface area (Å²) in [6.07, 6.45) is -6.37. The van der Waals surface area contributed by atoms with E-state index in [2.05, 4.69) is 20.8 Å². The van der Waals surface area contributed by atoms with Crippen LogP contribution in [0.3, 0.4) is 0 Å². The number of hydrogen-bond acceptors (Lipinski definition) is 11. The minimum absolute atomic E-state index is 0.112. The van der Waals surface area contributed by atoms with Crippen LogP contribution in [0.25, 0.3) is 0 Å². The highest BCUT2D eigenvalue weighted by atomic mass is 28.4. The summed E-state index contributed by atoms with van der Waals surface area (Å²) in [7, 11) is 1.77. The highest BCUT2D eigenvalue weighted by Crippen LogP contribution is 2.42. The monoisotopic (exact) mass is 534 g/mol. The number of fused-ring (bicyclic) bond motifs is 1. The lowest BCUT2D eigenvalue weighted by Gasteiger charge is -2.45. The molecule has 36 heavy (non-hydrogen) atoms. The van der Waals surface area contributed by atoms with Gasteiger partial charge in [-0.15, -0.1) is 0 Å². The molecule has 0 aromatic rings. The zero-order chi connectivity index (χ0) is 27.1. The van der Waals surface area contributed by atoms with E-state index in [9.17, 15) is 9.59 Å². The average Bonchev–Trinajstić information content (AvgIpc) is 3.26. The Morgan fingerprint density at radius 3 is 2.25 bits per heavy atom. The van der Waals surface area contributed by atoms with Crippen LogP contribution in [0, 0.1) is 0 Å². The number of ether oxygens (including phenoxy) is 8. The van der Waals surface area contributed by atoms with Crippen LogP contribution in [0.5, 0.6) is 0 Å². The summed E-state index contributed by atoms with van der Waals surface area (Å²) < 4.78 is 51.9. The van der Waals surface area contributed by atoms with E-state index in [-0.39, 0.29) is 24.0 Å². The fourth-order valence-electron chi connectivity index (χ4n) is 4.48. The van der Waals surface area contributed by atoms with Crippen molar-refractivity contribution in [3.8, 4) is 0 Å². The lowest BCUT2D eigenvalue weighted by Crippen LogP contribution is -2.63. The van der Waals surface area contributed by atoms with Crippen LogP contribution in [0.15, 0.2) is 0 Å². The summed E-state index contributed by atoms with van der Waals surface area (Å²) in [5.41, 5.74) is 0. The molecular formula is C24H42O11Si. The fraction of sp³-hybridized carbons (Fsp3) is 0.917. The molecule has 12 heteroatoms. The van der Waals surface area contributed by atoms with Crippen molar-refractivity contribution in [3.05, 3.63) is 0 Å². The molecule has 0 unspecified atom stereocenters. The second kappa shape index (κ2) is 11.0. The Balaban J connectivity index is 1.91. The molecule has 3 aliphatic heterocycles. The number of carbonyl (C=O) groups is 2. The molecule has 8 atom stereocenters. The summed E-state index contributed by atoms with van der Waals surface area (Å²) in [5.74, 6) is -1.83. The van der Waals surface area contributed by atoms with Crippen molar-refractivity contribution in [3.63, 3.8) is 0 Å². The number of Topliss-reactive ketones (excluding diaryl/α,β-unsaturated/α-hetero) is 1. The molecule has 0 amide bonds. The Hall–Kier alpha value is -0.963. The van der Waals surface area contributed by atoms with Gasteiger partial charge in [-0.2, -0.15) is 0 Å². The van der Waals surface area contributed by atoms with E-state index in [1.165, 1.54) is 21.3 Å². The Morgan fingerprint density at radius 1 is 1.06 bits per heavy atom. The highest BCUT2D eigenvalue weighted by molar-refractivity contribution is 6.74. The number of esters is 1. The second-order valence-corrected chi connectivity index (χ2v) is 16.1. The van der Waals surface area contributed by atoms with Crippen molar-refractivity contribution in [2.75, 3.05) is 28.1 Å². The first-order valence-electron chi connectivity index (χ1n) is 12.2. The predicted octanol–water partition coefficient (Wildman–Crippen LogP) is 2.16. The molecule has 0 saturated carbocycles. The van der Waals surface area contributed by atoms with Gasteiger partial charge in [0.15, 0.2) is 32.3 Å². The molecular weight excluding hydrogens is 492 g/mol. The first-order valence-corrected chi connectivity index (χ1v) is 15.2. The molecule has 11 nitrogen and oxygen atoms in total.